The molecule has 0 aliphatic rings. The molecular formula is C18H25Cl2N9O4. The number of amidine groups is 1. The summed E-state index contributed by atoms with van der Waals surface area (Å²) in [5, 5.41) is 12.9. The van der Waals surface area contributed by atoms with Crippen LogP contribution in [-0.4, -0.2) is 76.6 Å². The van der Waals surface area contributed by atoms with Crippen molar-refractivity contribution >= 4 is 59.1 Å². The van der Waals surface area contributed by atoms with Crippen LogP contribution in [0.15, 0.2) is 29.8 Å². The fourth-order valence-corrected chi connectivity index (χ4v) is 2.79. The molecule has 0 unspecified atom stereocenters. The zero-order valence-electron chi connectivity index (χ0n) is 17.9. The summed E-state index contributed by atoms with van der Waals surface area (Å²) in [6.45, 7) is 0.227. The van der Waals surface area contributed by atoms with Gasteiger partial charge in [-0.15, -0.1) is 28.9 Å². The summed E-state index contributed by atoms with van der Waals surface area (Å²) < 4.78 is 0. The van der Waals surface area contributed by atoms with Crippen LogP contribution < -0.4 is 16.0 Å². The summed E-state index contributed by atoms with van der Waals surface area (Å²) >= 11 is 5.51. The normalized spacial score (nSPS) is 10.0. The summed E-state index contributed by atoms with van der Waals surface area (Å²) in [4.78, 5) is 56.2. The second kappa shape index (κ2) is 12.5. The number of alkyl halides is 1. The highest BCUT2D eigenvalue weighted by atomic mass is 35.5. The first-order chi connectivity index (χ1) is 15.2. The van der Waals surface area contributed by atoms with E-state index < -0.39 is 11.9 Å². The topological polar surface area (TPSA) is 184 Å². The van der Waals surface area contributed by atoms with Crippen molar-refractivity contribution in [3.05, 3.63) is 40.8 Å². The maximum absolute atomic E-state index is 12.8. The molecule has 2 heterocycles. The van der Waals surface area contributed by atoms with E-state index in [1.807, 2.05) is 0 Å². The van der Waals surface area contributed by atoms with Gasteiger partial charge in [0.2, 0.25) is 0 Å². The van der Waals surface area contributed by atoms with Crippen LogP contribution in [-0.2, 0) is 0 Å². The van der Waals surface area contributed by atoms with Crippen LogP contribution in [0.4, 0.5) is 16.2 Å². The lowest BCUT2D eigenvalue weighted by Crippen LogP contribution is -2.31. The largest absolute Gasteiger partial charge is 0.388 e. The highest BCUT2D eigenvalue weighted by Crippen LogP contribution is 2.19. The first-order valence-corrected chi connectivity index (χ1v) is 9.92. The lowest BCUT2D eigenvalue weighted by Gasteiger charge is -2.16. The van der Waals surface area contributed by atoms with E-state index >= 15 is 0 Å². The van der Waals surface area contributed by atoms with E-state index in [1.54, 1.807) is 7.05 Å². The molecule has 0 aromatic carbocycles. The quantitative estimate of drug-likeness (QED) is 0.109. The number of hydrogen-bond donors (Lipinski definition) is 5. The fraction of sp³-hybridized carbons (Fsp3) is 0.333. The predicted molar refractivity (Wildman–Crippen MR) is 127 cm³/mol. The van der Waals surface area contributed by atoms with Crippen molar-refractivity contribution in [3.63, 3.8) is 0 Å². The number of amides is 4. The number of nitrogens with zero attached hydrogens (tertiary/aromatic N) is 4. The molecule has 33 heavy (non-hydrogen) atoms. The molecule has 0 aliphatic carbocycles. The minimum Gasteiger partial charge on any atom is -0.388 e. The first kappa shape index (κ1) is 27.5. The minimum absolute atomic E-state index is 0. The van der Waals surface area contributed by atoms with Crippen molar-refractivity contribution in [1.29, 1.82) is 5.41 Å². The van der Waals surface area contributed by atoms with Gasteiger partial charge in [-0.25, -0.2) is 4.79 Å². The van der Waals surface area contributed by atoms with E-state index in [-0.39, 0.29) is 66.6 Å². The molecule has 0 saturated heterocycles. The highest BCUT2D eigenvalue weighted by Gasteiger charge is 2.21. The van der Waals surface area contributed by atoms with Crippen LogP contribution in [0.2, 0.25) is 0 Å². The molecule has 0 aliphatic heterocycles. The van der Waals surface area contributed by atoms with Gasteiger partial charge < -0.3 is 30.8 Å². The van der Waals surface area contributed by atoms with Gasteiger partial charge in [-0.2, -0.15) is 5.01 Å². The molecule has 0 bridgehead atoms. The smallest absolute Gasteiger partial charge is 0.344 e. The molecule has 0 radical (unpaired) electrons. The summed E-state index contributed by atoms with van der Waals surface area (Å²) in [7, 11) is 3.11. The van der Waals surface area contributed by atoms with Gasteiger partial charge in [0.15, 0.2) is 0 Å². The number of aromatic amines is 2. The number of carbonyl (C=O) groups excluding carboxylic acids is 3. The molecule has 0 atom stereocenters. The van der Waals surface area contributed by atoms with Gasteiger partial charge in [0.1, 0.15) is 11.4 Å². The van der Waals surface area contributed by atoms with Crippen LogP contribution in [0.3, 0.4) is 0 Å². The summed E-state index contributed by atoms with van der Waals surface area (Å²) in [6, 6.07) is 2.14. The molecule has 180 valence electrons. The predicted octanol–water partition coefficient (Wildman–Crippen LogP) is 2.19. The third kappa shape index (κ3) is 7.22. The van der Waals surface area contributed by atoms with E-state index in [0.717, 1.165) is 0 Å². The number of nitrogens with two attached hydrogens (primary N) is 1. The monoisotopic (exact) mass is 501 g/mol. The Labute approximate surface area is 200 Å². The molecule has 6 N–H and O–H groups in total. The summed E-state index contributed by atoms with van der Waals surface area (Å²) in [6.07, 6.45) is 3.15. The number of carbonyl (C=O) groups is 3. The van der Waals surface area contributed by atoms with Gasteiger partial charge in [0.05, 0.1) is 29.0 Å². The van der Waals surface area contributed by atoms with E-state index in [0.29, 0.717) is 10.7 Å². The van der Waals surface area contributed by atoms with Gasteiger partial charge in [-0.1, -0.05) is 0 Å². The molecule has 15 heteroatoms. The molecule has 0 fully saturated rings. The number of halogens is 2. The van der Waals surface area contributed by atoms with Crippen LogP contribution in [0, 0.1) is 10.3 Å². The molecular weight excluding hydrogens is 477 g/mol. The number of anilines is 2. The Morgan fingerprint density at radius 2 is 1.76 bits per heavy atom. The highest BCUT2D eigenvalue weighted by molar-refractivity contribution is 6.18. The Bertz CT molecular complexity index is 1010. The Hall–Kier alpha value is -3.58. The summed E-state index contributed by atoms with van der Waals surface area (Å²) in [5.41, 5.74) is 6.45. The van der Waals surface area contributed by atoms with E-state index in [2.05, 4.69) is 20.6 Å². The first-order valence-electron chi connectivity index (χ1n) is 9.39. The number of rotatable bonds is 10. The van der Waals surface area contributed by atoms with E-state index in [4.69, 9.17) is 22.7 Å². The molecule has 2 rings (SSSR count). The Balaban J connectivity index is 0.00000544. The van der Waals surface area contributed by atoms with Gasteiger partial charge in [0, 0.05) is 45.3 Å². The van der Waals surface area contributed by atoms with Crippen LogP contribution in [0.5, 0.6) is 0 Å². The zero-order chi connectivity index (χ0) is 23.8. The van der Waals surface area contributed by atoms with Gasteiger partial charge >= 0.3 is 6.03 Å². The molecule has 0 saturated carbocycles. The van der Waals surface area contributed by atoms with Crippen molar-refractivity contribution in [2.75, 3.05) is 43.3 Å². The standard InChI is InChI=1S/C18H24ClN9O4.ClH/c1-26(5-3-15(20)21)16(29)14-8-12(10-23-14)27(2)17(30)13-7-11(9-22-13)24-18(31)28(25-32)6-4-19;/h7-10,22-23H,3-6H2,1-2H3,(H3,20,21)(H,24,31);1H. The average Bonchev–Trinajstić information content (AvgIpc) is 3.44. The van der Waals surface area contributed by atoms with Gasteiger partial charge in [-0.3, -0.25) is 15.0 Å². The van der Waals surface area contributed by atoms with E-state index in [9.17, 15) is 19.3 Å². The van der Waals surface area contributed by atoms with Crippen molar-refractivity contribution < 1.29 is 14.4 Å². The van der Waals surface area contributed by atoms with Gasteiger partial charge in [0.25, 0.3) is 11.8 Å². The van der Waals surface area contributed by atoms with Crippen molar-refractivity contribution in [2.45, 2.75) is 6.42 Å². The number of nitroso groups, excluding NO2 is 1. The minimum atomic E-state index is -0.783. The molecule has 4 amide bonds. The second-order valence-corrected chi connectivity index (χ2v) is 7.14. The number of urea groups is 1. The Morgan fingerprint density at radius 3 is 2.36 bits per heavy atom. The zero-order valence-corrected chi connectivity index (χ0v) is 19.5. The lowest BCUT2D eigenvalue weighted by atomic mass is 10.3. The summed E-state index contributed by atoms with van der Waals surface area (Å²) in [5.74, 6) is -0.722. The average molecular weight is 502 g/mol. The molecule has 13 nitrogen and oxygen atoms in total. The van der Waals surface area contributed by atoms with Crippen LogP contribution in [0.25, 0.3) is 0 Å². The van der Waals surface area contributed by atoms with Crippen LogP contribution in [0.1, 0.15) is 27.4 Å². The Kier molecular flexibility index (Phi) is 10.4. The lowest BCUT2D eigenvalue weighted by molar-refractivity contribution is 0.0793. The van der Waals surface area contributed by atoms with Crippen LogP contribution >= 0.6 is 24.0 Å². The van der Waals surface area contributed by atoms with Crippen molar-refractivity contribution in [1.82, 2.24) is 19.9 Å². The number of aromatic nitrogens is 2. The molecule has 0 spiro atoms. The number of nitrogens with one attached hydrogen (secondary N) is 4. The fourth-order valence-electron chi connectivity index (χ4n) is 2.63. The number of hydrogen-bond acceptors (Lipinski definition) is 6. The third-order valence-corrected chi connectivity index (χ3v) is 4.62. The Morgan fingerprint density at radius 1 is 1.12 bits per heavy atom. The maximum atomic E-state index is 12.8. The van der Waals surface area contributed by atoms with Crippen molar-refractivity contribution in [2.24, 2.45) is 11.0 Å². The van der Waals surface area contributed by atoms with Crippen molar-refractivity contribution in [3.8, 4) is 0 Å². The SMILES string of the molecule is CN(CCC(=N)N)C(=O)c1cc(N(C)C(=O)c2cc(NC(=O)N(CCCl)N=O)c[nH]2)c[nH]1.Cl. The van der Waals surface area contributed by atoms with E-state index in [1.165, 1.54) is 41.4 Å². The molecule has 2 aromatic heterocycles. The molecule has 2 aromatic rings. The maximum Gasteiger partial charge on any atom is 0.344 e. The second-order valence-electron chi connectivity index (χ2n) is 6.76. The third-order valence-electron chi connectivity index (χ3n) is 4.45. The number of H-pyrrole nitrogens is 2. The van der Waals surface area contributed by atoms with Gasteiger partial charge in [-0.05, 0) is 12.1 Å².